The molecule has 1 fully saturated rings. The van der Waals surface area contributed by atoms with Crippen LogP contribution in [0.25, 0.3) is 0 Å². The SMILES string of the molecule is CNC(=O)C1CNCCNC1. The quantitative estimate of drug-likeness (QED) is 0.436. The Morgan fingerprint density at radius 2 is 1.91 bits per heavy atom. The van der Waals surface area contributed by atoms with Gasteiger partial charge in [-0.15, -0.1) is 0 Å². The van der Waals surface area contributed by atoms with Crippen LogP contribution in [0.3, 0.4) is 0 Å². The lowest BCUT2D eigenvalue weighted by Gasteiger charge is -2.11. The normalized spacial score (nSPS) is 20.8. The van der Waals surface area contributed by atoms with Gasteiger partial charge in [0, 0.05) is 33.2 Å². The van der Waals surface area contributed by atoms with Gasteiger partial charge in [0.15, 0.2) is 0 Å². The second kappa shape index (κ2) is 4.31. The van der Waals surface area contributed by atoms with E-state index in [0.29, 0.717) is 0 Å². The molecule has 0 radical (unpaired) electrons. The van der Waals surface area contributed by atoms with E-state index < -0.39 is 0 Å². The van der Waals surface area contributed by atoms with Crippen molar-refractivity contribution in [3.05, 3.63) is 0 Å². The Labute approximate surface area is 66.7 Å². The van der Waals surface area contributed by atoms with E-state index in [4.69, 9.17) is 0 Å². The first-order chi connectivity index (χ1) is 5.34. The summed E-state index contributed by atoms with van der Waals surface area (Å²) in [6, 6.07) is 0. The van der Waals surface area contributed by atoms with Crippen molar-refractivity contribution < 1.29 is 4.79 Å². The molecule has 0 aliphatic carbocycles. The molecule has 0 aromatic carbocycles. The van der Waals surface area contributed by atoms with Crippen LogP contribution in [0.2, 0.25) is 0 Å². The molecule has 0 unspecified atom stereocenters. The van der Waals surface area contributed by atoms with Crippen LogP contribution in [-0.4, -0.2) is 39.1 Å². The Morgan fingerprint density at radius 3 is 2.36 bits per heavy atom. The Bertz CT molecular complexity index is 130. The van der Waals surface area contributed by atoms with Gasteiger partial charge in [-0.3, -0.25) is 4.79 Å². The predicted molar refractivity (Wildman–Crippen MR) is 43.3 cm³/mol. The van der Waals surface area contributed by atoms with Gasteiger partial charge in [-0.2, -0.15) is 0 Å². The molecule has 3 N–H and O–H groups in total. The first-order valence-electron chi connectivity index (χ1n) is 3.97. The second-order valence-corrected chi connectivity index (χ2v) is 2.72. The maximum absolute atomic E-state index is 11.1. The summed E-state index contributed by atoms with van der Waals surface area (Å²) in [6.45, 7) is 3.47. The maximum atomic E-state index is 11.1. The molecule has 1 saturated heterocycles. The van der Waals surface area contributed by atoms with E-state index in [1.165, 1.54) is 0 Å². The van der Waals surface area contributed by atoms with Gasteiger partial charge in [0.2, 0.25) is 5.91 Å². The summed E-state index contributed by atoms with van der Waals surface area (Å²) in [6.07, 6.45) is 0. The molecule has 0 atom stereocenters. The molecule has 1 aliphatic heterocycles. The van der Waals surface area contributed by atoms with Crippen molar-refractivity contribution >= 4 is 5.91 Å². The van der Waals surface area contributed by atoms with Crippen molar-refractivity contribution in [1.82, 2.24) is 16.0 Å². The smallest absolute Gasteiger partial charge is 0.225 e. The molecule has 0 saturated carbocycles. The zero-order chi connectivity index (χ0) is 8.10. The van der Waals surface area contributed by atoms with Crippen LogP contribution in [0.4, 0.5) is 0 Å². The Kier molecular flexibility index (Phi) is 3.32. The van der Waals surface area contributed by atoms with Crippen molar-refractivity contribution in [2.24, 2.45) is 5.92 Å². The minimum Gasteiger partial charge on any atom is -0.359 e. The van der Waals surface area contributed by atoms with E-state index in [1.807, 2.05) is 0 Å². The summed E-state index contributed by atoms with van der Waals surface area (Å²) in [5.74, 6) is 0.203. The lowest BCUT2D eigenvalue weighted by atomic mass is 10.1. The first-order valence-corrected chi connectivity index (χ1v) is 3.97. The second-order valence-electron chi connectivity index (χ2n) is 2.72. The standard InChI is InChI=1S/C7H15N3O/c1-8-7(11)6-4-9-2-3-10-5-6/h6,9-10H,2-5H2,1H3,(H,8,11). The number of carbonyl (C=O) groups is 1. The minimum absolute atomic E-state index is 0.0856. The average molecular weight is 157 g/mol. The molecule has 11 heavy (non-hydrogen) atoms. The van der Waals surface area contributed by atoms with Crippen molar-refractivity contribution in [2.45, 2.75) is 0 Å². The Balaban J connectivity index is 2.36. The van der Waals surface area contributed by atoms with Gasteiger partial charge >= 0.3 is 0 Å². The van der Waals surface area contributed by atoms with Gasteiger partial charge in [-0.1, -0.05) is 0 Å². The van der Waals surface area contributed by atoms with Crippen LogP contribution in [0, 0.1) is 5.92 Å². The summed E-state index contributed by atoms with van der Waals surface area (Å²) < 4.78 is 0. The van der Waals surface area contributed by atoms with Gasteiger partial charge in [-0.05, 0) is 0 Å². The van der Waals surface area contributed by atoms with Gasteiger partial charge in [-0.25, -0.2) is 0 Å². The number of nitrogens with one attached hydrogen (secondary N) is 3. The predicted octanol–water partition coefficient (Wildman–Crippen LogP) is -1.46. The maximum Gasteiger partial charge on any atom is 0.225 e. The highest BCUT2D eigenvalue weighted by Gasteiger charge is 2.17. The lowest BCUT2D eigenvalue weighted by molar-refractivity contribution is -0.124. The molecular weight excluding hydrogens is 142 g/mol. The molecule has 0 spiro atoms. The molecule has 1 heterocycles. The molecule has 1 aliphatic rings. The van der Waals surface area contributed by atoms with Crippen molar-refractivity contribution in [1.29, 1.82) is 0 Å². The van der Waals surface area contributed by atoms with Gasteiger partial charge in [0.25, 0.3) is 0 Å². The Hall–Kier alpha value is -0.610. The van der Waals surface area contributed by atoms with Crippen LogP contribution in [-0.2, 0) is 4.79 Å². The highest BCUT2D eigenvalue weighted by Crippen LogP contribution is 1.94. The molecule has 1 rings (SSSR count). The number of hydrogen-bond acceptors (Lipinski definition) is 3. The average Bonchev–Trinajstić information content (AvgIpc) is 2.30. The minimum atomic E-state index is 0.0856. The first kappa shape index (κ1) is 8.49. The van der Waals surface area contributed by atoms with Crippen LogP contribution in [0.5, 0.6) is 0 Å². The van der Waals surface area contributed by atoms with E-state index in [1.54, 1.807) is 7.05 Å². The molecular formula is C7H15N3O. The summed E-state index contributed by atoms with van der Waals surface area (Å²) in [4.78, 5) is 11.1. The number of hydrogen-bond donors (Lipinski definition) is 3. The monoisotopic (exact) mass is 157 g/mol. The van der Waals surface area contributed by atoms with E-state index in [2.05, 4.69) is 16.0 Å². The summed E-state index contributed by atoms with van der Waals surface area (Å²) >= 11 is 0. The fourth-order valence-corrected chi connectivity index (χ4v) is 1.19. The number of rotatable bonds is 1. The number of carbonyl (C=O) groups excluding carboxylic acids is 1. The van der Waals surface area contributed by atoms with Gasteiger partial charge in [0.1, 0.15) is 0 Å². The molecule has 0 bridgehead atoms. The third-order valence-electron chi connectivity index (χ3n) is 1.88. The van der Waals surface area contributed by atoms with E-state index in [-0.39, 0.29) is 11.8 Å². The summed E-state index contributed by atoms with van der Waals surface area (Å²) in [5.41, 5.74) is 0. The van der Waals surface area contributed by atoms with Gasteiger partial charge in [0.05, 0.1) is 5.92 Å². The van der Waals surface area contributed by atoms with Crippen molar-refractivity contribution in [3.63, 3.8) is 0 Å². The molecule has 4 nitrogen and oxygen atoms in total. The highest BCUT2D eigenvalue weighted by molar-refractivity contribution is 5.78. The number of amides is 1. The topological polar surface area (TPSA) is 53.2 Å². The fourth-order valence-electron chi connectivity index (χ4n) is 1.19. The molecule has 0 aromatic heterocycles. The molecule has 1 amide bonds. The van der Waals surface area contributed by atoms with Crippen LogP contribution in [0.15, 0.2) is 0 Å². The summed E-state index contributed by atoms with van der Waals surface area (Å²) in [5, 5.41) is 9.02. The third kappa shape index (κ3) is 2.48. The lowest BCUT2D eigenvalue weighted by Crippen LogP contribution is -2.37. The van der Waals surface area contributed by atoms with Gasteiger partial charge < -0.3 is 16.0 Å². The molecule has 4 heteroatoms. The zero-order valence-electron chi connectivity index (χ0n) is 6.81. The summed E-state index contributed by atoms with van der Waals surface area (Å²) in [7, 11) is 1.67. The van der Waals surface area contributed by atoms with E-state index >= 15 is 0 Å². The third-order valence-corrected chi connectivity index (χ3v) is 1.88. The molecule has 0 aromatic rings. The van der Waals surface area contributed by atoms with Crippen LogP contribution in [0.1, 0.15) is 0 Å². The highest BCUT2D eigenvalue weighted by atomic mass is 16.1. The largest absolute Gasteiger partial charge is 0.359 e. The molecule has 64 valence electrons. The van der Waals surface area contributed by atoms with Crippen molar-refractivity contribution in [2.75, 3.05) is 33.2 Å². The van der Waals surface area contributed by atoms with Crippen LogP contribution >= 0.6 is 0 Å². The van der Waals surface area contributed by atoms with Crippen LogP contribution < -0.4 is 16.0 Å². The van der Waals surface area contributed by atoms with E-state index in [9.17, 15) is 4.79 Å². The zero-order valence-corrected chi connectivity index (χ0v) is 6.81. The Morgan fingerprint density at radius 1 is 1.36 bits per heavy atom. The fraction of sp³-hybridized carbons (Fsp3) is 0.857. The van der Waals surface area contributed by atoms with Crippen molar-refractivity contribution in [3.8, 4) is 0 Å². The van der Waals surface area contributed by atoms with E-state index in [0.717, 1.165) is 26.2 Å².